The standard InChI is InChI=1S/C8H17NO2S/c1-8(2,7(10)11)12-6-5-9(3)4/h5-6H2,1-4H3,(H,10,11). The Morgan fingerprint density at radius 1 is 1.50 bits per heavy atom. The van der Waals surface area contributed by atoms with Crippen molar-refractivity contribution in [1.82, 2.24) is 4.90 Å². The first-order valence-electron chi connectivity index (χ1n) is 3.88. The number of hydrogen-bond donors (Lipinski definition) is 1. The van der Waals surface area contributed by atoms with Crippen molar-refractivity contribution in [1.29, 1.82) is 0 Å². The van der Waals surface area contributed by atoms with Gasteiger partial charge in [-0.2, -0.15) is 0 Å². The summed E-state index contributed by atoms with van der Waals surface area (Å²) in [6.07, 6.45) is 0. The van der Waals surface area contributed by atoms with Gasteiger partial charge in [0.15, 0.2) is 0 Å². The summed E-state index contributed by atoms with van der Waals surface area (Å²) in [5, 5.41) is 8.77. The van der Waals surface area contributed by atoms with Crippen molar-refractivity contribution in [3.8, 4) is 0 Å². The molecule has 0 aromatic carbocycles. The molecule has 0 aliphatic heterocycles. The summed E-state index contributed by atoms with van der Waals surface area (Å²) in [4.78, 5) is 12.7. The maximum absolute atomic E-state index is 10.7. The normalized spacial score (nSPS) is 12.1. The summed E-state index contributed by atoms with van der Waals surface area (Å²) in [5.74, 6) is 0.109. The van der Waals surface area contributed by atoms with Crippen LogP contribution in [0.4, 0.5) is 0 Å². The number of carboxylic acids is 1. The molecule has 0 saturated heterocycles. The lowest BCUT2D eigenvalue weighted by molar-refractivity contribution is -0.138. The second-order valence-electron chi connectivity index (χ2n) is 3.47. The van der Waals surface area contributed by atoms with Crippen molar-refractivity contribution in [3.63, 3.8) is 0 Å². The topological polar surface area (TPSA) is 40.5 Å². The van der Waals surface area contributed by atoms with Gasteiger partial charge in [-0.25, -0.2) is 0 Å². The number of thioether (sulfide) groups is 1. The predicted molar refractivity (Wildman–Crippen MR) is 52.7 cm³/mol. The van der Waals surface area contributed by atoms with E-state index in [0.717, 1.165) is 12.3 Å². The molecule has 1 N–H and O–H groups in total. The number of carbonyl (C=O) groups is 1. The molecule has 72 valence electrons. The van der Waals surface area contributed by atoms with Gasteiger partial charge in [0.2, 0.25) is 0 Å². The van der Waals surface area contributed by atoms with E-state index in [1.807, 2.05) is 19.0 Å². The highest BCUT2D eigenvalue weighted by Crippen LogP contribution is 2.23. The second kappa shape index (κ2) is 4.72. The third-order valence-electron chi connectivity index (χ3n) is 1.52. The van der Waals surface area contributed by atoms with E-state index in [1.54, 1.807) is 13.8 Å². The Labute approximate surface area is 78.1 Å². The lowest BCUT2D eigenvalue weighted by Gasteiger charge is -2.19. The van der Waals surface area contributed by atoms with Crippen LogP contribution in [0.1, 0.15) is 13.8 Å². The third kappa shape index (κ3) is 4.62. The van der Waals surface area contributed by atoms with E-state index in [2.05, 4.69) is 0 Å². The lowest BCUT2D eigenvalue weighted by Crippen LogP contribution is -2.29. The number of hydrogen-bond acceptors (Lipinski definition) is 3. The van der Waals surface area contributed by atoms with Gasteiger partial charge in [-0.15, -0.1) is 11.8 Å². The summed E-state index contributed by atoms with van der Waals surface area (Å²) >= 11 is 1.47. The lowest BCUT2D eigenvalue weighted by atomic mass is 10.2. The molecule has 4 heteroatoms. The molecule has 0 bridgehead atoms. The van der Waals surface area contributed by atoms with Gasteiger partial charge in [0.1, 0.15) is 4.75 Å². The fourth-order valence-electron chi connectivity index (χ4n) is 0.545. The van der Waals surface area contributed by atoms with Crippen molar-refractivity contribution >= 4 is 17.7 Å². The molecular weight excluding hydrogens is 174 g/mol. The largest absolute Gasteiger partial charge is 0.480 e. The number of nitrogens with zero attached hydrogens (tertiary/aromatic N) is 1. The molecule has 0 aliphatic carbocycles. The molecule has 12 heavy (non-hydrogen) atoms. The summed E-state index contributed by atoms with van der Waals surface area (Å²) < 4.78 is -0.657. The van der Waals surface area contributed by atoms with Crippen LogP contribution in [0.2, 0.25) is 0 Å². The molecule has 0 aromatic heterocycles. The van der Waals surface area contributed by atoms with Gasteiger partial charge in [0.05, 0.1) is 0 Å². The molecule has 0 saturated carbocycles. The van der Waals surface area contributed by atoms with Crippen LogP contribution in [0.5, 0.6) is 0 Å². The fraction of sp³-hybridized carbons (Fsp3) is 0.875. The minimum absolute atomic E-state index is 0.657. The van der Waals surface area contributed by atoms with Crippen molar-refractivity contribution in [3.05, 3.63) is 0 Å². The van der Waals surface area contributed by atoms with Gasteiger partial charge >= 0.3 is 5.97 Å². The van der Waals surface area contributed by atoms with Crippen molar-refractivity contribution in [2.45, 2.75) is 18.6 Å². The smallest absolute Gasteiger partial charge is 0.319 e. The first-order valence-corrected chi connectivity index (χ1v) is 4.87. The maximum Gasteiger partial charge on any atom is 0.319 e. The molecule has 0 fully saturated rings. The Morgan fingerprint density at radius 2 is 2.00 bits per heavy atom. The Morgan fingerprint density at radius 3 is 2.33 bits per heavy atom. The van der Waals surface area contributed by atoms with E-state index in [4.69, 9.17) is 5.11 Å². The third-order valence-corrected chi connectivity index (χ3v) is 2.80. The van der Waals surface area contributed by atoms with Gasteiger partial charge in [-0.1, -0.05) is 0 Å². The maximum atomic E-state index is 10.7. The van der Waals surface area contributed by atoms with Gasteiger partial charge < -0.3 is 10.0 Å². The predicted octanol–water partition coefficient (Wildman–Crippen LogP) is 1.14. The summed E-state index contributed by atoms with van der Waals surface area (Å²) in [5.41, 5.74) is 0. The average molecular weight is 191 g/mol. The molecule has 0 heterocycles. The summed E-state index contributed by atoms with van der Waals surface area (Å²) in [6, 6.07) is 0. The second-order valence-corrected chi connectivity index (χ2v) is 5.18. The molecule has 0 rings (SSSR count). The molecule has 3 nitrogen and oxygen atoms in total. The number of carboxylic acid groups (broad SMARTS) is 1. The van der Waals surface area contributed by atoms with Crippen molar-refractivity contribution in [2.75, 3.05) is 26.4 Å². The fourth-order valence-corrected chi connectivity index (χ4v) is 1.64. The highest BCUT2D eigenvalue weighted by Gasteiger charge is 2.26. The SMILES string of the molecule is CN(C)CCSC(C)(C)C(=O)O. The first kappa shape index (κ1) is 11.8. The van der Waals surface area contributed by atoms with Crippen LogP contribution >= 0.6 is 11.8 Å². The van der Waals surface area contributed by atoms with Crippen LogP contribution < -0.4 is 0 Å². The average Bonchev–Trinajstić information content (AvgIpc) is 1.85. The van der Waals surface area contributed by atoms with Gasteiger partial charge in [0, 0.05) is 12.3 Å². The Balaban J connectivity index is 3.69. The Bertz CT molecular complexity index is 157. The van der Waals surface area contributed by atoms with Crippen molar-refractivity contribution < 1.29 is 9.90 Å². The van der Waals surface area contributed by atoms with Crippen LogP contribution in [0.15, 0.2) is 0 Å². The molecule has 0 spiro atoms. The molecule has 0 atom stereocenters. The minimum atomic E-state index is -0.744. The zero-order valence-corrected chi connectivity index (χ0v) is 8.94. The molecule has 0 aromatic rings. The van der Waals surface area contributed by atoms with Crippen LogP contribution in [-0.2, 0) is 4.79 Å². The monoisotopic (exact) mass is 191 g/mol. The van der Waals surface area contributed by atoms with Crippen molar-refractivity contribution in [2.24, 2.45) is 0 Å². The summed E-state index contributed by atoms with van der Waals surface area (Å²) in [6.45, 7) is 4.38. The quantitative estimate of drug-likeness (QED) is 0.707. The van der Waals surface area contributed by atoms with E-state index in [-0.39, 0.29) is 0 Å². The van der Waals surface area contributed by atoms with E-state index in [9.17, 15) is 4.79 Å². The highest BCUT2D eigenvalue weighted by atomic mass is 32.2. The molecule has 0 aliphatic rings. The number of aliphatic carboxylic acids is 1. The highest BCUT2D eigenvalue weighted by molar-refractivity contribution is 8.01. The van der Waals surface area contributed by atoms with E-state index in [1.165, 1.54) is 11.8 Å². The first-order chi connectivity index (χ1) is 5.36. The zero-order valence-electron chi connectivity index (χ0n) is 8.13. The van der Waals surface area contributed by atoms with Crippen LogP contribution in [0, 0.1) is 0 Å². The van der Waals surface area contributed by atoms with E-state index in [0.29, 0.717) is 0 Å². The summed E-state index contributed by atoms with van der Waals surface area (Å²) in [7, 11) is 3.96. The Hall–Kier alpha value is -0.220. The van der Waals surface area contributed by atoms with Gasteiger partial charge in [-0.3, -0.25) is 4.79 Å². The molecular formula is C8H17NO2S. The molecule has 0 amide bonds. The number of rotatable bonds is 5. The van der Waals surface area contributed by atoms with Crippen LogP contribution in [0.3, 0.4) is 0 Å². The van der Waals surface area contributed by atoms with Crippen LogP contribution in [0.25, 0.3) is 0 Å². The minimum Gasteiger partial charge on any atom is -0.480 e. The zero-order chi connectivity index (χ0) is 9.78. The van der Waals surface area contributed by atoms with E-state index < -0.39 is 10.7 Å². The van der Waals surface area contributed by atoms with Gasteiger partial charge in [0.25, 0.3) is 0 Å². The molecule has 0 radical (unpaired) electrons. The van der Waals surface area contributed by atoms with E-state index >= 15 is 0 Å². The Kier molecular flexibility index (Phi) is 4.63. The van der Waals surface area contributed by atoms with Crippen LogP contribution in [-0.4, -0.2) is 47.1 Å². The molecule has 0 unspecified atom stereocenters. The van der Waals surface area contributed by atoms with Gasteiger partial charge in [-0.05, 0) is 27.9 Å².